The molecule has 4 heteroatoms. The molecule has 28 heavy (non-hydrogen) atoms. The van der Waals surface area contributed by atoms with Gasteiger partial charge in [-0.2, -0.15) is 10.2 Å². The van der Waals surface area contributed by atoms with Gasteiger partial charge in [0.25, 0.3) is 0 Å². The van der Waals surface area contributed by atoms with Crippen LogP contribution in [0.4, 0.5) is 0 Å². The minimum atomic E-state index is -0.0550. The lowest BCUT2D eigenvalue weighted by Gasteiger charge is -2.31. The van der Waals surface area contributed by atoms with Crippen LogP contribution >= 0.6 is 0 Å². The number of aromatic nitrogens is 4. The van der Waals surface area contributed by atoms with Crippen molar-refractivity contribution < 1.29 is 0 Å². The molecule has 0 amide bonds. The Balaban J connectivity index is 2.22. The first kappa shape index (κ1) is 22.4. The van der Waals surface area contributed by atoms with E-state index in [1.165, 1.54) is 5.56 Å². The van der Waals surface area contributed by atoms with Crippen LogP contribution in [0, 0.1) is 0 Å². The minimum absolute atomic E-state index is 0.00133. The van der Waals surface area contributed by atoms with E-state index in [0.717, 1.165) is 29.9 Å². The molecule has 154 valence electrons. The van der Waals surface area contributed by atoms with Crippen molar-refractivity contribution in [3.05, 3.63) is 47.3 Å². The van der Waals surface area contributed by atoms with Gasteiger partial charge >= 0.3 is 0 Å². The molecule has 0 N–H and O–H groups in total. The molecule has 0 aromatic carbocycles. The van der Waals surface area contributed by atoms with Crippen molar-refractivity contribution in [1.29, 1.82) is 0 Å². The summed E-state index contributed by atoms with van der Waals surface area (Å²) in [4.78, 5) is 9.42. The number of hydrogen-bond donors (Lipinski definition) is 0. The fourth-order valence-electron chi connectivity index (χ4n) is 3.04. The van der Waals surface area contributed by atoms with Crippen molar-refractivity contribution in [3.8, 4) is 0 Å². The fraction of sp³-hybridized carbons (Fsp3) is 0.667. The third-order valence-corrected chi connectivity index (χ3v) is 5.69. The van der Waals surface area contributed by atoms with Crippen molar-refractivity contribution in [2.24, 2.45) is 0 Å². The summed E-state index contributed by atoms with van der Waals surface area (Å²) in [6.45, 7) is 22.2. The monoisotopic (exact) mass is 382 g/mol. The molecule has 4 nitrogen and oxygen atoms in total. The molecule has 0 saturated carbocycles. The largest absolute Gasteiger partial charge is 0.261 e. The van der Waals surface area contributed by atoms with Gasteiger partial charge in [-0.15, -0.1) is 0 Å². The Kier molecular flexibility index (Phi) is 6.04. The van der Waals surface area contributed by atoms with Crippen LogP contribution in [0.25, 0.3) is 0 Å². The van der Waals surface area contributed by atoms with Gasteiger partial charge in [-0.3, -0.25) is 9.97 Å². The zero-order valence-corrected chi connectivity index (χ0v) is 19.5. The van der Waals surface area contributed by atoms with Gasteiger partial charge in [0.2, 0.25) is 0 Å². The quantitative estimate of drug-likeness (QED) is 0.646. The molecule has 0 aliphatic carbocycles. The molecule has 2 aromatic heterocycles. The average molecular weight is 383 g/mol. The summed E-state index contributed by atoms with van der Waals surface area (Å²) in [5.41, 5.74) is 4.36. The molecular weight excluding hydrogens is 344 g/mol. The Morgan fingerprint density at radius 1 is 0.643 bits per heavy atom. The minimum Gasteiger partial charge on any atom is -0.261 e. The third-order valence-electron chi connectivity index (χ3n) is 5.69. The van der Waals surface area contributed by atoms with Crippen LogP contribution in [0.2, 0.25) is 0 Å². The number of nitrogens with zero attached hydrogens (tertiary/aromatic N) is 4. The van der Waals surface area contributed by atoms with Crippen LogP contribution in [0.1, 0.15) is 105 Å². The van der Waals surface area contributed by atoms with Gasteiger partial charge in [0.05, 0.1) is 23.3 Å². The third kappa shape index (κ3) is 5.36. The van der Waals surface area contributed by atoms with E-state index in [1.807, 2.05) is 18.6 Å². The Morgan fingerprint density at radius 3 is 1.71 bits per heavy atom. The van der Waals surface area contributed by atoms with E-state index in [1.54, 1.807) is 0 Å². The van der Waals surface area contributed by atoms with Crippen molar-refractivity contribution >= 4 is 0 Å². The normalized spacial score (nSPS) is 13.6. The smallest absolute Gasteiger partial charge is 0.0690 e. The SMILES string of the molecule is CC(C)(C)c1cnnc(C(C)(C)CCC(C)(C)c2cncc(C(C)(C)C)n2)c1. The second-order valence-electron chi connectivity index (χ2n) is 11.4. The molecule has 0 unspecified atom stereocenters. The maximum atomic E-state index is 4.95. The van der Waals surface area contributed by atoms with Crippen LogP contribution in [-0.2, 0) is 21.7 Å². The van der Waals surface area contributed by atoms with E-state index < -0.39 is 0 Å². The summed E-state index contributed by atoms with van der Waals surface area (Å²) in [5, 5.41) is 8.75. The highest BCUT2D eigenvalue weighted by Crippen LogP contribution is 2.36. The van der Waals surface area contributed by atoms with Gasteiger partial charge in [0.15, 0.2) is 0 Å². The molecule has 0 bridgehead atoms. The van der Waals surface area contributed by atoms with Crippen LogP contribution in [0.3, 0.4) is 0 Å². The second kappa shape index (κ2) is 7.53. The van der Waals surface area contributed by atoms with E-state index in [4.69, 9.17) is 4.98 Å². The van der Waals surface area contributed by atoms with Gasteiger partial charge in [0.1, 0.15) is 0 Å². The van der Waals surface area contributed by atoms with E-state index in [9.17, 15) is 0 Å². The Bertz CT molecular complexity index is 738. The molecule has 0 aliphatic heterocycles. The fourth-order valence-corrected chi connectivity index (χ4v) is 3.04. The van der Waals surface area contributed by atoms with Gasteiger partial charge < -0.3 is 0 Å². The Labute approximate surface area is 171 Å². The van der Waals surface area contributed by atoms with Gasteiger partial charge in [-0.05, 0) is 29.9 Å². The van der Waals surface area contributed by atoms with Crippen LogP contribution in [0.15, 0.2) is 24.7 Å². The Hall–Kier alpha value is -1.84. The standard InChI is InChI=1S/C24H38N4/c1-21(2,3)17-13-18(28-26-14-17)23(7,8)11-12-24(9,10)20-16-25-15-19(27-20)22(4,5)6/h13-16H,11-12H2,1-10H3. The highest BCUT2D eigenvalue weighted by molar-refractivity contribution is 5.25. The van der Waals surface area contributed by atoms with Gasteiger partial charge in [0, 0.05) is 28.6 Å². The topological polar surface area (TPSA) is 51.6 Å². The first-order chi connectivity index (χ1) is 12.6. The number of rotatable bonds is 5. The van der Waals surface area contributed by atoms with Crippen molar-refractivity contribution in [1.82, 2.24) is 20.2 Å². The number of hydrogen-bond acceptors (Lipinski definition) is 4. The van der Waals surface area contributed by atoms with Crippen molar-refractivity contribution in [2.45, 2.75) is 104 Å². The molecule has 2 rings (SSSR count). The molecule has 0 saturated heterocycles. The van der Waals surface area contributed by atoms with Crippen molar-refractivity contribution in [2.75, 3.05) is 0 Å². The predicted octanol–water partition coefficient (Wildman–Crippen LogP) is 5.90. The maximum Gasteiger partial charge on any atom is 0.0690 e. The molecular formula is C24H38N4. The highest BCUT2D eigenvalue weighted by atomic mass is 15.1. The van der Waals surface area contributed by atoms with Gasteiger partial charge in [-0.1, -0.05) is 69.2 Å². The Morgan fingerprint density at radius 2 is 1.18 bits per heavy atom. The van der Waals surface area contributed by atoms with E-state index in [0.29, 0.717) is 0 Å². The van der Waals surface area contributed by atoms with Crippen LogP contribution < -0.4 is 0 Å². The summed E-state index contributed by atoms with van der Waals surface area (Å²) in [7, 11) is 0. The summed E-state index contributed by atoms with van der Waals surface area (Å²) in [6.07, 6.45) is 7.70. The summed E-state index contributed by atoms with van der Waals surface area (Å²) in [6, 6.07) is 2.22. The summed E-state index contributed by atoms with van der Waals surface area (Å²) >= 11 is 0. The maximum absolute atomic E-state index is 4.95. The van der Waals surface area contributed by atoms with E-state index in [-0.39, 0.29) is 21.7 Å². The summed E-state index contributed by atoms with van der Waals surface area (Å²) in [5.74, 6) is 0. The highest BCUT2D eigenvalue weighted by Gasteiger charge is 2.31. The first-order valence-electron chi connectivity index (χ1n) is 10.3. The average Bonchev–Trinajstić information content (AvgIpc) is 2.59. The lowest BCUT2D eigenvalue weighted by molar-refractivity contribution is 0.358. The molecule has 0 aliphatic rings. The van der Waals surface area contributed by atoms with Crippen LogP contribution in [-0.4, -0.2) is 20.2 Å². The molecule has 0 radical (unpaired) electrons. The first-order valence-corrected chi connectivity index (χ1v) is 10.3. The van der Waals surface area contributed by atoms with Crippen molar-refractivity contribution in [3.63, 3.8) is 0 Å². The lowest BCUT2D eigenvalue weighted by atomic mass is 9.75. The van der Waals surface area contributed by atoms with E-state index >= 15 is 0 Å². The predicted molar refractivity (Wildman–Crippen MR) is 117 cm³/mol. The van der Waals surface area contributed by atoms with Gasteiger partial charge in [-0.25, -0.2) is 0 Å². The molecule has 0 atom stereocenters. The summed E-state index contributed by atoms with van der Waals surface area (Å²) < 4.78 is 0. The van der Waals surface area contributed by atoms with E-state index in [2.05, 4.69) is 90.5 Å². The van der Waals surface area contributed by atoms with Crippen LogP contribution in [0.5, 0.6) is 0 Å². The molecule has 2 heterocycles. The molecule has 0 fully saturated rings. The molecule has 2 aromatic rings. The zero-order chi connectivity index (χ0) is 21.4. The zero-order valence-electron chi connectivity index (χ0n) is 19.5. The second-order valence-corrected chi connectivity index (χ2v) is 11.4. The lowest BCUT2D eigenvalue weighted by Crippen LogP contribution is -2.28. The molecule has 0 spiro atoms.